The van der Waals surface area contributed by atoms with E-state index >= 15 is 0 Å². The van der Waals surface area contributed by atoms with E-state index in [1.54, 1.807) is 0 Å². The van der Waals surface area contributed by atoms with Gasteiger partial charge in [-0.3, -0.25) is 0 Å². The fourth-order valence-corrected chi connectivity index (χ4v) is 0.843. The quantitative estimate of drug-likeness (QED) is 0.605. The fourth-order valence-electron chi connectivity index (χ4n) is 0.843. The molecule has 68 valence electrons. The Morgan fingerprint density at radius 2 is 2.17 bits per heavy atom. The zero-order valence-electron chi connectivity index (χ0n) is 5.89. The van der Waals surface area contributed by atoms with Crippen molar-refractivity contribution in [3.05, 3.63) is 24.0 Å². The topological polar surface area (TPSA) is 48.0 Å². The van der Waals surface area contributed by atoms with E-state index in [1.165, 1.54) is 23.8 Å². The van der Waals surface area contributed by atoms with Gasteiger partial charge in [-0.1, -0.05) is 0 Å². The van der Waals surface area contributed by atoms with Gasteiger partial charge in [-0.15, -0.1) is 0 Å². The van der Waals surface area contributed by atoms with Crippen LogP contribution in [0.3, 0.4) is 0 Å². The van der Waals surface area contributed by atoms with Crippen LogP contribution in [-0.2, 0) is 0 Å². The zero-order chi connectivity index (χ0) is 9.19. The number of alkyl halides is 3. The Bertz CT molecular complexity index is 231. The Labute approximate surface area is 66.2 Å². The molecule has 6 heteroatoms. The van der Waals surface area contributed by atoms with Gasteiger partial charge in [-0.2, -0.15) is 18.7 Å². The largest absolute Gasteiger partial charge is 0.411 e. The summed E-state index contributed by atoms with van der Waals surface area (Å²) in [4.78, 5) is 2.35. The summed E-state index contributed by atoms with van der Waals surface area (Å²) >= 11 is 0. The highest BCUT2D eigenvalue weighted by molar-refractivity contribution is 5.10. The minimum atomic E-state index is -4.50. The summed E-state index contributed by atoms with van der Waals surface area (Å²) in [6.45, 7) is 0. The molecule has 1 atom stereocenters. The number of hydrogen-bond acceptors (Lipinski definition) is 2. The third kappa shape index (κ3) is 1.77. The molecule has 0 fully saturated rings. The molecule has 1 heterocycles. The van der Waals surface area contributed by atoms with Gasteiger partial charge in [0.2, 0.25) is 0 Å². The monoisotopic (exact) mass is 180 g/mol. The number of halogens is 3. The second-order valence-corrected chi connectivity index (χ2v) is 2.23. The van der Waals surface area contributed by atoms with Crippen molar-refractivity contribution >= 4 is 0 Å². The lowest BCUT2D eigenvalue weighted by molar-refractivity contribution is -0.179. The first-order valence-corrected chi connectivity index (χ1v) is 3.15. The summed E-state index contributed by atoms with van der Waals surface area (Å²) in [5, 5.41) is 8.24. The maximum Gasteiger partial charge on any atom is 0.411 e. The van der Waals surface area contributed by atoms with Crippen molar-refractivity contribution in [3.8, 4) is 0 Å². The van der Waals surface area contributed by atoms with Gasteiger partial charge in [-0.05, 0) is 12.1 Å². The van der Waals surface area contributed by atoms with Crippen LogP contribution in [0.1, 0.15) is 11.7 Å². The summed E-state index contributed by atoms with van der Waals surface area (Å²) in [5.41, 5.74) is 1.07. The van der Waals surface area contributed by atoms with E-state index in [4.69, 9.17) is 5.21 Å². The second-order valence-electron chi connectivity index (χ2n) is 2.23. The molecule has 0 radical (unpaired) electrons. The highest BCUT2D eigenvalue weighted by Crippen LogP contribution is 2.30. The number of hydroxylamine groups is 1. The molecular weight excluding hydrogens is 173 g/mol. The lowest BCUT2D eigenvalue weighted by atomic mass is 10.2. The first kappa shape index (κ1) is 9.08. The predicted molar refractivity (Wildman–Crippen MR) is 34.5 cm³/mol. The summed E-state index contributed by atoms with van der Waals surface area (Å²) in [6.07, 6.45) is -3.15. The summed E-state index contributed by atoms with van der Waals surface area (Å²) < 4.78 is 36.1. The van der Waals surface area contributed by atoms with Crippen LogP contribution in [0, 0.1) is 0 Å². The average molecular weight is 180 g/mol. The van der Waals surface area contributed by atoms with E-state index in [-0.39, 0.29) is 5.69 Å². The van der Waals surface area contributed by atoms with E-state index in [1.807, 2.05) is 0 Å². The Balaban J connectivity index is 2.84. The van der Waals surface area contributed by atoms with E-state index in [0.29, 0.717) is 0 Å². The van der Waals surface area contributed by atoms with Crippen molar-refractivity contribution in [2.75, 3.05) is 0 Å². The van der Waals surface area contributed by atoms with Gasteiger partial charge < -0.3 is 10.2 Å². The van der Waals surface area contributed by atoms with Crippen LogP contribution < -0.4 is 5.48 Å². The Hall–Kier alpha value is -1.01. The first-order chi connectivity index (χ1) is 5.55. The van der Waals surface area contributed by atoms with Crippen molar-refractivity contribution in [3.63, 3.8) is 0 Å². The van der Waals surface area contributed by atoms with Crippen molar-refractivity contribution in [2.45, 2.75) is 12.2 Å². The third-order valence-electron chi connectivity index (χ3n) is 1.39. The van der Waals surface area contributed by atoms with E-state index in [2.05, 4.69) is 4.98 Å². The van der Waals surface area contributed by atoms with Gasteiger partial charge in [-0.25, -0.2) is 0 Å². The average Bonchev–Trinajstić information content (AvgIpc) is 2.38. The Kier molecular flexibility index (Phi) is 2.39. The SMILES string of the molecule is ONC(c1ccc[nH]1)C(F)(F)F. The molecule has 0 aliphatic carbocycles. The molecule has 12 heavy (non-hydrogen) atoms. The van der Waals surface area contributed by atoms with Crippen molar-refractivity contribution in [2.24, 2.45) is 0 Å². The predicted octanol–water partition coefficient (Wildman–Crippen LogP) is 1.60. The molecular formula is C6H7F3N2O. The van der Waals surface area contributed by atoms with Crippen molar-refractivity contribution in [1.29, 1.82) is 0 Å². The molecule has 0 bridgehead atoms. The van der Waals surface area contributed by atoms with E-state index in [9.17, 15) is 13.2 Å². The van der Waals surface area contributed by atoms with E-state index < -0.39 is 12.2 Å². The van der Waals surface area contributed by atoms with Gasteiger partial charge >= 0.3 is 6.18 Å². The minimum Gasteiger partial charge on any atom is -0.363 e. The van der Waals surface area contributed by atoms with Crippen LogP contribution in [0.4, 0.5) is 13.2 Å². The molecule has 0 aliphatic rings. The standard InChI is InChI=1S/C6H7F3N2O/c7-6(8,9)5(11-12)4-2-1-3-10-4/h1-3,5,10-12H. The van der Waals surface area contributed by atoms with Crippen LogP contribution in [0.15, 0.2) is 18.3 Å². The number of aromatic amines is 1. The Morgan fingerprint density at radius 3 is 2.50 bits per heavy atom. The zero-order valence-corrected chi connectivity index (χ0v) is 5.89. The molecule has 0 saturated heterocycles. The maximum atomic E-state index is 12.0. The van der Waals surface area contributed by atoms with Gasteiger partial charge in [0.25, 0.3) is 0 Å². The van der Waals surface area contributed by atoms with Gasteiger partial charge in [0.05, 0.1) is 0 Å². The molecule has 1 unspecified atom stereocenters. The summed E-state index contributed by atoms with van der Waals surface area (Å²) in [5.74, 6) is 0. The number of hydrogen-bond donors (Lipinski definition) is 3. The molecule has 1 rings (SSSR count). The molecule has 0 saturated carbocycles. The van der Waals surface area contributed by atoms with Crippen molar-refractivity contribution in [1.82, 2.24) is 10.5 Å². The third-order valence-corrected chi connectivity index (χ3v) is 1.39. The number of nitrogens with one attached hydrogen (secondary N) is 2. The van der Waals surface area contributed by atoms with Crippen LogP contribution in [-0.4, -0.2) is 16.4 Å². The number of rotatable bonds is 2. The maximum absolute atomic E-state index is 12.0. The normalized spacial score (nSPS) is 14.7. The lowest BCUT2D eigenvalue weighted by Gasteiger charge is -2.16. The first-order valence-electron chi connectivity index (χ1n) is 3.15. The molecule has 0 spiro atoms. The number of aromatic nitrogens is 1. The molecule has 0 aliphatic heterocycles. The van der Waals surface area contributed by atoms with E-state index in [0.717, 1.165) is 0 Å². The van der Waals surface area contributed by atoms with Crippen LogP contribution in [0.2, 0.25) is 0 Å². The molecule has 3 nitrogen and oxygen atoms in total. The molecule has 1 aromatic heterocycles. The highest BCUT2D eigenvalue weighted by atomic mass is 19.4. The van der Waals surface area contributed by atoms with Gasteiger partial charge in [0, 0.05) is 11.9 Å². The van der Waals surface area contributed by atoms with Gasteiger partial charge in [0.15, 0.2) is 6.04 Å². The van der Waals surface area contributed by atoms with Crippen LogP contribution in [0.25, 0.3) is 0 Å². The fraction of sp³-hybridized carbons (Fsp3) is 0.333. The Morgan fingerprint density at radius 1 is 1.50 bits per heavy atom. The second kappa shape index (κ2) is 3.16. The van der Waals surface area contributed by atoms with Crippen molar-refractivity contribution < 1.29 is 18.4 Å². The minimum absolute atomic E-state index is 0.120. The lowest BCUT2D eigenvalue weighted by Crippen LogP contribution is -2.32. The van der Waals surface area contributed by atoms with Crippen LogP contribution in [0.5, 0.6) is 0 Å². The molecule has 3 N–H and O–H groups in total. The summed E-state index contributed by atoms with van der Waals surface area (Å²) in [6, 6.07) is 0.611. The van der Waals surface area contributed by atoms with Gasteiger partial charge in [0.1, 0.15) is 0 Å². The molecule has 1 aromatic rings. The smallest absolute Gasteiger partial charge is 0.363 e. The highest BCUT2D eigenvalue weighted by Gasteiger charge is 2.41. The molecule has 0 aromatic carbocycles. The summed E-state index contributed by atoms with van der Waals surface area (Å²) in [7, 11) is 0. The van der Waals surface area contributed by atoms with Crippen LogP contribution >= 0.6 is 0 Å². The molecule has 0 amide bonds. The number of H-pyrrole nitrogens is 1.